The van der Waals surface area contributed by atoms with Crippen LogP contribution in [0, 0.1) is 6.92 Å². The van der Waals surface area contributed by atoms with Gasteiger partial charge >= 0.3 is 0 Å². The van der Waals surface area contributed by atoms with Gasteiger partial charge in [-0.2, -0.15) is 0 Å². The van der Waals surface area contributed by atoms with Gasteiger partial charge in [0.2, 0.25) is 11.8 Å². The second-order valence-electron chi connectivity index (χ2n) is 7.47. The number of rotatable bonds is 3. The number of amides is 3. The normalized spacial score (nSPS) is 20.9. The summed E-state index contributed by atoms with van der Waals surface area (Å²) in [6, 6.07) is 6.92. The molecule has 0 bridgehead atoms. The Morgan fingerprint density at radius 3 is 2.46 bits per heavy atom. The molecule has 2 aliphatic heterocycles. The van der Waals surface area contributed by atoms with Crippen molar-refractivity contribution in [3.63, 3.8) is 0 Å². The van der Waals surface area contributed by atoms with E-state index >= 15 is 0 Å². The summed E-state index contributed by atoms with van der Waals surface area (Å²) in [6.07, 6.45) is 0. The van der Waals surface area contributed by atoms with E-state index in [1.54, 1.807) is 30.7 Å². The van der Waals surface area contributed by atoms with Crippen molar-refractivity contribution in [2.75, 3.05) is 33.2 Å². The maximum absolute atomic E-state index is 13.0. The van der Waals surface area contributed by atoms with Crippen molar-refractivity contribution in [1.82, 2.24) is 14.7 Å². The smallest absolute Gasteiger partial charge is 0.266 e. The van der Waals surface area contributed by atoms with Crippen LogP contribution in [0.5, 0.6) is 5.75 Å². The fourth-order valence-electron chi connectivity index (χ4n) is 3.43. The Labute approximate surface area is 153 Å². The van der Waals surface area contributed by atoms with E-state index in [1.807, 2.05) is 31.2 Å². The molecule has 0 spiro atoms. The van der Waals surface area contributed by atoms with Gasteiger partial charge in [-0.25, -0.2) is 0 Å². The molecule has 2 aliphatic rings. The second kappa shape index (κ2) is 6.63. The molecule has 26 heavy (non-hydrogen) atoms. The predicted molar refractivity (Wildman–Crippen MR) is 95.6 cm³/mol. The van der Waals surface area contributed by atoms with E-state index in [2.05, 4.69) is 0 Å². The summed E-state index contributed by atoms with van der Waals surface area (Å²) >= 11 is 0. The third-order valence-electron chi connectivity index (χ3n) is 4.93. The van der Waals surface area contributed by atoms with E-state index in [1.165, 1.54) is 4.90 Å². The standard InChI is InChI=1S/C19H25N3O4/c1-13-5-7-14(8-6-13)26-19(2,3)18(25)21-9-10-22-15(11-21)17(24)20(4)12-16(22)23/h5-8,15H,9-12H2,1-4H3. The van der Waals surface area contributed by atoms with Crippen molar-refractivity contribution < 1.29 is 19.1 Å². The van der Waals surface area contributed by atoms with Crippen LogP contribution in [0.3, 0.4) is 0 Å². The highest BCUT2D eigenvalue weighted by Gasteiger charge is 2.45. The van der Waals surface area contributed by atoms with Crippen molar-refractivity contribution in [3.8, 4) is 5.75 Å². The highest BCUT2D eigenvalue weighted by atomic mass is 16.5. The van der Waals surface area contributed by atoms with Gasteiger partial charge < -0.3 is 19.4 Å². The molecule has 1 aromatic rings. The summed E-state index contributed by atoms with van der Waals surface area (Å²) in [5, 5.41) is 0. The van der Waals surface area contributed by atoms with Crippen LogP contribution in [0.15, 0.2) is 24.3 Å². The molecule has 0 saturated carbocycles. The zero-order valence-electron chi connectivity index (χ0n) is 15.7. The number of nitrogens with zero attached hydrogens (tertiary/aromatic N) is 3. The summed E-state index contributed by atoms with van der Waals surface area (Å²) in [5.41, 5.74) is 0.0487. The largest absolute Gasteiger partial charge is 0.478 e. The summed E-state index contributed by atoms with van der Waals surface area (Å²) < 4.78 is 5.91. The molecule has 7 heteroatoms. The van der Waals surface area contributed by atoms with Crippen LogP contribution in [0.2, 0.25) is 0 Å². The minimum absolute atomic E-state index is 0.0700. The third-order valence-corrected chi connectivity index (χ3v) is 4.93. The molecule has 3 rings (SSSR count). The van der Waals surface area contributed by atoms with Gasteiger partial charge in [-0.05, 0) is 32.9 Å². The number of piperazine rings is 2. The molecule has 1 aromatic carbocycles. The zero-order valence-corrected chi connectivity index (χ0v) is 15.7. The number of aryl methyl sites for hydroxylation is 1. The minimum Gasteiger partial charge on any atom is -0.478 e. The molecule has 1 unspecified atom stereocenters. The van der Waals surface area contributed by atoms with E-state index in [0.717, 1.165) is 5.56 Å². The van der Waals surface area contributed by atoms with Gasteiger partial charge in [0, 0.05) is 20.1 Å². The van der Waals surface area contributed by atoms with Crippen molar-refractivity contribution in [2.24, 2.45) is 0 Å². The second-order valence-corrected chi connectivity index (χ2v) is 7.47. The quantitative estimate of drug-likeness (QED) is 0.795. The fraction of sp³-hybridized carbons (Fsp3) is 0.526. The van der Waals surface area contributed by atoms with Crippen LogP contribution >= 0.6 is 0 Å². The predicted octanol–water partition coefficient (Wildman–Crippen LogP) is 0.664. The first-order valence-corrected chi connectivity index (χ1v) is 8.78. The molecule has 0 radical (unpaired) electrons. The third kappa shape index (κ3) is 3.38. The number of hydrogen-bond acceptors (Lipinski definition) is 4. The zero-order chi connectivity index (χ0) is 19.1. The van der Waals surface area contributed by atoms with Crippen molar-refractivity contribution in [3.05, 3.63) is 29.8 Å². The van der Waals surface area contributed by atoms with Gasteiger partial charge in [0.1, 0.15) is 11.8 Å². The van der Waals surface area contributed by atoms with Gasteiger partial charge in [-0.1, -0.05) is 17.7 Å². The van der Waals surface area contributed by atoms with E-state index in [9.17, 15) is 14.4 Å². The van der Waals surface area contributed by atoms with Gasteiger partial charge in [0.05, 0.1) is 13.1 Å². The highest BCUT2D eigenvalue weighted by molar-refractivity contribution is 5.96. The molecule has 2 saturated heterocycles. The van der Waals surface area contributed by atoms with E-state index in [-0.39, 0.29) is 30.8 Å². The SMILES string of the molecule is Cc1ccc(OC(C)(C)C(=O)N2CCN3C(=O)CN(C)C(=O)C3C2)cc1. The summed E-state index contributed by atoms with van der Waals surface area (Å²) in [6.45, 7) is 6.51. The average Bonchev–Trinajstić information content (AvgIpc) is 2.60. The lowest BCUT2D eigenvalue weighted by atomic mass is 10.0. The van der Waals surface area contributed by atoms with E-state index < -0.39 is 11.6 Å². The van der Waals surface area contributed by atoms with Gasteiger partial charge in [0.25, 0.3) is 5.91 Å². The molecule has 0 aromatic heterocycles. The molecule has 1 atom stereocenters. The number of benzene rings is 1. The van der Waals surface area contributed by atoms with Crippen LogP contribution in [-0.4, -0.2) is 77.3 Å². The molecule has 140 valence electrons. The van der Waals surface area contributed by atoms with Crippen molar-refractivity contribution in [1.29, 1.82) is 0 Å². The summed E-state index contributed by atoms with van der Waals surface area (Å²) in [4.78, 5) is 42.2. The molecular weight excluding hydrogens is 334 g/mol. The number of ether oxygens (including phenoxy) is 1. The molecule has 0 aliphatic carbocycles. The Balaban J connectivity index is 1.72. The molecular formula is C19H25N3O4. The monoisotopic (exact) mass is 359 g/mol. The maximum atomic E-state index is 13.0. The average molecular weight is 359 g/mol. The van der Waals surface area contributed by atoms with Gasteiger partial charge in [-0.15, -0.1) is 0 Å². The summed E-state index contributed by atoms with van der Waals surface area (Å²) in [7, 11) is 1.61. The number of fused-ring (bicyclic) bond motifs is 1. The highest BCUT2D eigenvalue weighted by Crippen LogP contribution is 2.24. The lowest BCUT2D eigenvalue weighted by molar-refractivity contribution is -0.163. The molecule has 2 heterocycles. The van der Waals surface area contributed by atoms with Crippen molar-refractivity contribution in [2.45, 2.75) is 32.4 Å². The fourth-order valence-corrected chi connectivity index (χ4v) is 3.43. The topological polar surface area (TPSA) is 70.2 Å². The minimum atomic E-state index is -1.06. The first kappa shape index (κ1) is 18.2. The molecule has 7 nitrogen and oxygen atoms in total. The van der Waals surface area contributed by atoms with Crippen LogP contribution in [-0.2, 0) is 14.4 Å². The van der Waals surface area contributed by atoms with Crippen molar-refractivity contribution >= 4 is 17.7 Å². The Morgan fingerprint density at radius 2 is 1.81 bits per heavy atom. The Kier molecular flexibility index (Phi) is 4.64. The Bertz CT molecular complexity index is 729. The van der Waals surface area contributed by atoms with Gasteiger partial charge in [-0.3, -0.25) is 14.4 Å². The van der Waals surface area contributed by atoms with Crippen LogP contribution < -0.4 is 4.74 Å². The number of carbonyl (C=O) groups is 3. The lowest BCUT2D eigenvalue weighted by Gasteiger charge is -2.46. The van der Waals surface area contributed by atoms with E-state index in [0.29, 0.717) is 18.8 Å². The summed E-state index contributed by atoms with van der Waals surface area (Å²) in [5.74, 6) is 0.237. The Morgan fingerprint density at radius 1 is 1.15 bits per heavy atom. The van der Waals surface area contributed by atoms with E-state index in [4.69, 9.17) is 4.74 Å². The number of likely N-dealkylation sites (N-methyl/N-ethyl adjacent to an activating group) is 1. The van der Waals surface area contributed by atoms with Gasteiger partial charge in [0.15, 0.2) is 5.60 Å². The van der Waals surface area contributed by atoms with Crippen LogP contribution in [0.25, 0.3) is 0 Å². The number of hydrogen-bond donors (Lipinski definition) is 0. The van der Waals surface area contributed by atoms with Crippen LogP contribution in [0.1, 0.15) is 19.4 Å². The molecule has 0 N–H and O–H groups in total. The lowest BCUT2D eigenvalue weighted by Crippen LogP contribution is -2.68. The molecule has 3 amide bonds. The number of carbonyl (C=O) groups excluding carboxylic acids is 3. The first-order chi connectivity index (χ1) is 12.2. The molecule has 2 fully saturated rings. The Hall–Kier alpha value is -2.57. The maximum Gasteiger partial charge on any atom is 0.266 e. The van der Waals surface area contributed by atoms with Crippen LogP contribution in [0.4, 0.5) is 0 Å². The first-order valence-electron chi connectivity index (χ1n) is 8.78.